The molecule has 0 fully saturated rings. The molecule has 0 unspecified atom stereocenters. The maximum atomic E-state index is 13.0. The highest BCUT2D eigenvalue weighted by Crippen LogP contribution is 2.38. The van der Waals surface area contributed by atoms with Gasteiger partial charge in [0.25, 0.3) is 30.4 Å². The second-order valence-electron chi connectivity index (χ2n) is 14.7. The van der Waals surface area contributed by atoms with Crippen molar-refractivity contribution in [1.29, 1.82) is 0 Å². The average molecular weight is 1180 g/mol. The van der Waals surface area contributed by atoms with Crippen LogP contribution in [-0.2, 0) is 79.2 Å². The summed E-state index contributed by atoms with van der Waals surface area (Å²) in [5.41, 5.74) is 3.94. The molecule has 1 heterocycles. The van der Waals surface area contributed by atoms with Crippen LogP contribution in [0.3, 0.4) is 0 Å². The van der Waals surface area contributed by atoms with Crippen molar-refractivity contribution in [1.82, 2.24) is 15.0 Å². The summed E-state index contributed by atoms with van der Waals surface area (Å²) in [6.45, 7) is -1.88. The van der Waals surface area contributed by atoms with Crippen LogP contribution in [0.15, 0.2) is 126 Å². The van der Waals surface area contributed by atoms with E-state index in [1.54, 1.807) is 0 Å². The number of benzene rings is 5. The van der Waals surface area contributed by atoms with E-state index in [0.29, 0.717) is 24.3 Å². The summed E-state index contributed by atoms with van der Waals surface area (Å²) in [5, 5.41) is 17.1. The van der Waals surface area contributed by atoms with Gasteiger partial charge in [0.05, 0.1) is 45.1 Å². The Kier molecular flexibility index (Phi) is 16.6. The maximum Gasteiger partial charge on any atom is 0.397 e. The number of hydrogen-bond acceptors (Lipinski definition) is 25. The molecule has 0 atom stereocenters. The number of sulfone groups is 2. The van der Waals surface area contributed by atoms with E-state index in [2.05, 4.69) is 54.8 Å². The Morgan fingerprint density at radius 2 is 0.960 bits per heavy atom. The summed E-state index contributed by atoms with van der Waals surface area (Å²) in [5.74, 6) is -2.87. The van der Waals surface area contributed by atoms with Gasteiger partial charge in [-0.15, -0.1) is 10.2 Å². The second kappa shape index (κ2) is 21.7. The van der Waals surface area contributed by atoms with E-state index in [-0.39, 0.29) is 56.1 Å². The number of nitrogens with two attached hydrogens (primary N) is 1. The summed E-state index contributed by atoms with van der Waals surface area (Å²) >= 11 is 0. The van der Waals surface area contributed by atoms with Gasteiger partial charge in [-0.1, -0.05) is 12.1 Å². The number of carbonyl (C=O) groups is 1. The van der Waals surface area contributed by atoms with Crippen molar-refractivity contribution in [2.75, 3.05) is 46.0 Å². The first kappa shape index (κ1) is 57.3. The zero-order valence-corrected chi connectivity index (χ0v) is 42.6. The van der Waals surface area contributed by atoms with Gasteiger partial charge in [-0.3, -0.25) is 22.8 Å². The number of hydrogen-bond donors (Lipinski definition) is 10. The third-order valence-corrected chi connectivity index (χ3v) is 16.2. The van der Waals surface area contributed by atoms with Crippen molar-refractivity contribution in [2.45, 2.75) is 24.5 Å². The number of nitrogens with zero attached hydrogens (tertiary/aromatic N) is 5. The van der Waals surface area contributed by atoms with Crippen LogP contribution in [0, 0.1) is 0 Å². The van der Waals surface area contributed by atoms with Gasteiger partial charge in [-0.25, -0.2) is 30.0 Å². The molecular weight excluding hydrogens is 1150 g/mol. The first-order valence-electron chi connectivity index (χ1n) is 19.7. The van der Waals surface area contributed by atoms with Crippen molar-refractivity contribution in [2.24, 2.45) is 16.0 Å². The molecule has 0 saturated heterocycles. The molecule has 39 heteroatoms. The summed E-state index contributed by atoms with van der Waals surface area (Å²) in [7, 11) is -34.2. The van der Waals surface area contributed by atoms with Crippen molar-refractivity contribution in [3.63, 3.8) is 0 Å². The lowest BCUT2D eigenvalue weighted by molar-refractivity contribution is 0.259. The number of nitrogens with one attached hydrogen (secondary N) is 4. The molecule has 0 aliphatic heterocycles. The third-order valence-electron chi connectivity index (χ3n) is 9.30. The minimum absolute atomic E-state index is 0.00151. The van der Waals surface area contributed by atoms with Gasteiger partial charge < -0.3 is 27.0 Å². The predicted molar refractivity (Wildman–Crippen MR) is 259 cm³/mol. The largest absolute Gasteiger partial charge is 0.397 e. The van der Waals surface area contributed by atoms with E-state index in [0.717, 1.165) is 36.4 Å². The molecule has 0 radical (unpaired) electrons. The fourth-order valence-electron chi connectivity index (χ4n) is 6.21. The van der Waals surface area contributed by atoms with Crippen molar-refractivity contribution in [3.8, 4) is 0 Å². The quantitative estimate of drug-likeness (QED) is 0.0345. The summed E-state index contributed by atoms with van der Waals surface area (Å²) in [6, 6.07) is 14.3. The molecule has 0 saturated carbocycles. The molecule has 0 aliphatic rings. The van der Waals surface area contributed by atoms with Crippen LogP contribution < -0.4 is 27.0 Å². The van der Waals surface area contributed by atoms with Crippen LogP contribution >= 0.6 is 0 Å². The Balaban J connectivity index is 1.40. The molecule has 6 rings (SSSR count). The molecule has 0 spiro atoms. The fourth-order valence-corrected chi connectivity index (χ4v) is 11.3. The summed E-state index contributed by atoms with van der Waals surface area (Å²) in [6.07, 6.45) is 0. The molecule has 11 N–H and O–H groups in total. The van der Waals surface area contributed by atoms with E-state index in [4.69, 9.17) is 14.8 Å². The minimum Gasteiger partial charge on any atom is -0.351 e. The first-order valence-corrected chi connectivity index (χ1v) is 30.0. The number of carbonyl (C=O) groups excluding carboxylic acids is 1. The molecule has 402 valence electrons. The zero-order chi connectivity index (χ0) is 55.5. The molecule has 75 heavy (non-hydrogen) atoms. The summed E-state index contributed by atoms with van der Waals surface area (Å²) in [4.78, 5) is 20.9. The van der Waals surface area contributed by atoms with Gasteiger partial charge in [-0.2, -0.15) is 57.0 Å². The smallest absolute Gasteiger partial charge is 0.351 e. The minimum atomic E-state index is -5.31. The van der Waals surface area contributed by atoms with Gasteiger partial charge in [0.2, 0.25) is 17.8 Å². The van der Waals surface area contributed by atoms with Gasteiger partial charge >= 0.3 is 26.8 Å². The molecule has 2 amide bonds. The number of anilines is 7. The Morgan fingerprint density at radius 3 is 1.39 bits per heavy atom. The van der Waals surface area contributed by atoms with Crippen LogP contribution in [0.4, 0.5) is 56.8 Å². The molecular formula is C36H34N10O22S7. The van der Waals surface area contributed by atoms with E-state index in [9.17, 15) is 77.4 Å². The fraction of sp³-hybridized carbons (Fsp3) is 0.111. The normalized spacial score (nSPS) is 12.9. The SMILES string of the molecule is NC(=O)Nc1cc(Nc2nc(Nc3cccc(S(=O)(=O)CCOS(=O)(=O)O)c3)nc(Nc3cccc(S(=O)(=O)CCOS(=O)(=O)O)c3)n2)ccc1N=Nc1cc2c(S(=O)(=O)O)cc(S(=O)(=O)O)cc2cc1S(=O)(=O)O. The predicted octanol–water partition coefficient (Wildman–Crippen LogP) is 3.09. The maximum absolute atomic E-state index is 13.0. The van der Waals surface area contributed by atoms with E-state index < -0.39 is 133 Å². The summed E-state index contributed by atoms with van der Waals surface area (Å²) < 4.78 is 224. The standard InChI is InChI=1S/C36H34N10O22S7/c37-33(47)41-29-17-23(7-8-28(29)45-46-30-19-27-20(14-32(30)73(58,59)60)13-26(71(52,53)54)18-31(27)72(55,56)57)40-36-43-34(38-21-3-1-5-24(15-21)69(48,49)11-9-67-74(61,62)63)42-35(44-36)39-22-4-2-6-25(16-22)70(50,51)12-10-68-75(64,65)66/h1-8,13-19H,9-12H2,(H3,37,41,47)(H,52,53,54)(H,55,56,57)(H,58,59,60)(H,61,62,63)(H,64,65,66)(H3,38,39,40,42,43,44). The van der Waals surface area contributed by atoms with Crippen LogP contribution in [0.5, 0.6) is 0 Å². The Labute approximate surface area is 424 Å². The monoisotopic (exact) mass is 1180 g/mol. The Morgan fingerprint density at radius 1 is 0.507 bits per heavy atom. The van der Waals surface area contributed by atoms with Crippen molar-refractivity contribution in [3.05, 3.63) is 91.0 Å². The number of amides is 2. The lowest BCUT2D eigenvalue weighted by Gasteiger charge is -2.14. The third kappa shape index (κ3) is 16.0. The molecule has 0 aliphatic carbocycles. The Bertz CT molecular complexity index is 4000. The van der Waals surface area contributed by atoms with Gasteiger partial charge in [0, 0.05) is 22.4 Å². The highest BCUT2D eigenvalue weighted by atomic mass is 32.3. The molecule has 5 aromatic carbocycles. The van der Waals surface area contributed by atoms with Crippen LogP contribution in [-0.4, -0.2) is 127 Å². The molecule has 0 bridgehead atoms. The lowest BCUT2D eigenvalue weighted by Crippen LogP contribution is -2.19. The van der Waals surface area contributed by atoms with Crippen LogP contribution in [0.2, 0.25) is 0 Å². The number of primary amides is 1. The highest BCUT2D eigenvalue weighted by Gasteiger charge is 2.26. The lowest BCUT2D eigenvalue weighted by atomic mass is 10.1. The van der Waals surface area contributed by atoms with E-state index >= 15 is 0 Å². The number of azo groups is 1. The number of urea groups is 1. The van der Waals surface area contributed by atoms with Gasteiger partial charge in [-0.05, 0) is 84.2 Å². The van der Waals surface area contributed by atoms with Gasteiger partial charge in [0.15, 0.2) is 19.7 Å². The van der Waals surface area contributed by atoms with Crippen LogP contribution in [0.1, 0.15) is 0 Å². The van der Waals surface area contributed by atoms with Gasteiger partial charge in [0.1, 0.15) is 21.2 Å². The topological polar surface area (TPSA) is 513 Å². The van der Waals surface area contributed by atoms with Crippen molar-refractivity contribution < 1.29 is 94.8 Å². The molecule has 32 nitrogen and oxygen atoms in total. The second-order valence-corrected chi connectivity index (χ2v) is 25.3. The number of rotatable bonds is 22. The number of fused-ring (bicyclic) bond motifs is 1. The van der Waals surface area contributed by atoms with E-state index in [1.165, 1.54) is 30.3 Å². The Hall–Kier alpha value is -6.99. The molecule has 6 aromatic rings. The van der Waals surface area contributed by atoms with Crippen LogP contribution in [0.25, 0.3) is 10.8 Å². The zero-order valence-electron chi connectivity index (χ0n) is 36.8. The highest BCUT2D eigenvalue weighted by molar-refractivity contribution is 7.92. The first-order chi connectivity index (χ1) is 34.5. The average Bonchev–Trinajstić information content (AvgIpc) is 3.26. The molecule has 1 aromatic heterocycles. The number of aromatic nitrogens is 3. The van der Waals surface area contributed by atoms with E-state index in [1.807, 2.05) is 0 Å². The van der Waals surface area contributed by atoms with Crippen molar-refractivity contribution >= 4 is 140 Å².